The molecule has 0 aliphatic heterocycles. The number of rotatable bonds is 15. The normalized spacial score (nSPS) is 12.8. The molecule has 0 aliphatic carbocycles. The van der Waals surface area contributed by atoms with Crippen LogP contribution < -0.4 is 27.0 Å². The molecule has 1 aromatic carbocycles. The average Bonchev–Trinajstić information content (AvgIpc) is 2.78. The quantitative estimate of drug-likeness (QED) is 0.234. The SMILES string of the molecule is CC(C)CCC(=O)NC(C(=O)N[C@@H](CCCNC(N)=O)C(=O)Nc1ccc(CC(C)C)cc1)C(C)C. The number of hydrogen-bond donors (Lipinski definition) is 5. The van der Waals surface area contributed by atoms with Crippen LogP contribution in [0.1, 0.15) is 72.8 Å². The van der Waals surface area contributed by atoms with Crippen LogP contribution in [0.3, 0.4) is 0 Å². The maximum atomic E-state index is 13.1. The van der Waals surface area contributed by atoms with Gasteiger partial charge < -0.3 is 27.0 Å². The second kappa shape index (κ2) is 15.8. The summed E-state index contributed by atoms with van der Waals surface area (Å²) in [7, 11) is 0. The van der Waals surface area contributed by atoms with Gasteiger partial charge in [0.15, 0.2) is 0 Å². The molecule has 0 fully saturated rings. The Balaban J connectivity index is 2.90. The van der Waals surface area contributed by atoms with E-state index in [1.807, 2.05) is 52.0 Å². The molecule has 1 rings (SSSR count). The molecule has 6 N–H and O–H groups in total. The van der Waals surface area contributed by atoms with Crippen molar-refractivity contribution in [2.45, 2.75) is 85.7 Å². The van der Waals surface area contributed by atoms with Crippen LogP contribution in [0.25, 0.3) is 0 Å². The fraction of sp³-hybridized carbons (Fsp3) is 0.630. The number of carbonyl (C=O) groups excluding carboxylic acids is 4. The van der Waals surface area contributed by atoms with Crippen molar-refractivity contribution in [3.8, 4) is 0 Å². The van der Waals surface area contributed by atoms with Gasteiger partial charge in [0.1, 0.15) is 12.1 Å². The predicted molar refractivity (Wildman–Crippen MR) is 143 cm³/mol. The number of primary amides is 1. The molecule has 0 bridgehead atoms. The number of hydrogen-bond acceptors (Lipinski definition) is 4. The summed E-state index contributed by atoms with van der Waals surface area (Å²) in [5, 5.41) is 11.0. The van der Waals surface area contributed by atoms with Crippen LogP contribution in [0.2, 0.25) is 0 Å². The first kappa shape index (κ1) is 30.9. The largest absolute Gasteiger partial charge is 0.352 e. The van der Waals surface area contributed by atoms with E-state index < -0.39 is 24.0 Å². The van der Waals surface area contributed by atoms with Crippen LogP contribution in [-0.2, 0) is 20.8 Å². The van der Waals surface area contributed by atoms with E-state index in [1.165, 1.54) is 5.56 Å². The molecule has 0 aliphatic rings. The number of amides is 5. The molecule has 5 amide bonds. The Kier molecular flexibility index (Phi) is 13.6. The number of benzene rings is 1. The number of urea groups is 1. The molecule has 9 nitrogen and oxygen atoms in total. The summed E-state index contributed by atoms with van der Waals surface area (Å²) in [5.74, 6) is -0.235. The van der Waals surface area contributed by atoms with E-state index in [1.54, 1.807) is 0 Å². The number of nitrogens with one attached hydrogen (secondary N) is 4. The van der Waals surface area contributed by atoms with Crippen LogP contribution in [0.15, 0.2) is 24.3 Å². The summed E-state index contributed by atoms with van der Waals surface area (Å²) in [4.78, 5) is 49.6. The maximum Gasteiger partial charge on any atom is 0.312 e. The minimum Gasteiger partial charge on any atom is -0.352 e. The van der Waals surface area contributed by atoms with Crippen molar-refractivity contribution in [1.82, 2.24) is 16.0 Å². The molecule has 0 radical (unpaired) electrons. The third-order valence-corrected chi connectivity index (χ3v) is 5.68. The lowest BCUT2D eigenvalue weighted by atomic mass is 10.0. The lowest BCUT2D eigenvalue weighted by Crippen LogP contribution is -2.54. The molecule has 2 atom stereocenters. The van der Waals surface area contributed by atoms with Crippen molar-refractivity contribution >= 4 is 29.4 Å². The van der Waals surface area contributed by atoms with E-state index in [-0.39, 0.29) is 30.7 Å². The molecule has 0 saturated carbocycles. The second-order valence-corrected chi connectivity index (χ2v) is 10.5. The zero-order chi connectivity index (χ0) is 27.3. The van der Waals surface area contributed by atoms with Crippen molar-refractivity contribution in [3.05, 3.63) is 29.8 Å². The molecule has 0 aromatic heterocycles. The van der Waals surface area contributed by atoms with Crippen molar-refractivity contribution in [1.29, 1.82) is 0 Å². The van der Waals surface area contributed by atoms with Gasteiger partial charge in [0, 0.05) is 18.7 Å². The van der Waals surface area contributed by atoms with Gasteiger partial charge in [-0.2, -0.15) is 0 Å². The Morgan fingerprint density at radius 1 is 0.833 bits per heavy atom. The highest BCUT2D eigenvalue weighted by atomic mass is 16.2. The highest BCUT2D eigenvalue weighted by Crippen LogP contribution is 2.14. The van der Waals surface area contributed by atoms with Crippen LogP contribution >= 0.6 is 0 Å². The van der Waals surface area contributed by atoms with E-state index in [4.69, 9.17) is 5.73 Å². The van der Waals surface area contributed by atoms with Crippen molar-refractivity contribution in [2.75, 3.05) is 11.9 Å². The lowest BCUT2D eigenvalue weighted by molar-refractivity contribution is -0.132. The first-order valence-corrected chi connectivity index (χ1v) is 12.9. The fourth-order valence-electron chi connectivity index (χ4n) is 3.67. The van der Waals surface area contributed by atoms with Gasteiger partial charge in [-0.05, 0) is 61.1 Å². The van der Waals surface area contributed by atoms with Gasteiger partial charge in [0.25, 0.3) is 0 Å². The van der Waals surface area contributed by atoms with Crippen LogP contribution in [-0.4, -0.2) is 42.4 Å². The van der Waals surface area contributed by atoms with Crippen molar-refractivity contribution in [3.63, 3.8) is 0 Å². The zero-order valence-corrected chi connectivity index (χ0v) is 22.6. The molecular formula is C27H45N5O4. The van der Waals surface area contributed by atoms with Gasteiger partial charge in [-0.3, -0.25) is 14.4 Å². The van der Waals surface area contributed by atoms with E-state index >= 15 is 0 Å². The van der Waals surface area contributed by atoms with E-state index in [2.05, 4.69) is 35.1 Å². The van der Waals surface area contributed by atoms with Crippen LogP contribution in [0.5, 0.6) is 0 Å². The van der Waals surface area contributed by atoms with Crippen LogP contribution in [0, 0.1) is 17.8 Å². The minimum atomic E-state index is -0.851. The Hall–Kier alpha value is -3.10. The fourth-order valence-corrected chi connectivity index (χ4v) is 3.67. The van der Waals surface area contributed by atoms with Crippen LogP contribution in [0.4, 0.5) is 10.5 Å². The lowest BCUT2D eigenvalue weighted by Gasteiger charge is -2.25. The maximum absolute atomic E-state index is 13.1. The summed E-state index contributed by atoms with van der Waals surface area (Å²) in [6.45, 7) is 12.3. The monoisotopic (exact) mass is 503 g/mol. The summed E-state index contributed by atoms with van der Waals surface area (Å²) < 4.78 is 0. The predicted octanol–water partition coefficient (Wildman–Crippen LogP) is 3.33. The molecule has 36 heavy (non-hydrogen) atoms. The third kappa shape index (κ3) is 12.6. The van der Waals surface area contributed by atoms with Gasteiger partial charge in [0.05, 0.1) is 0 Å². The molecule has 0 heterocycles. The number of carbonyl (C=O) groups is 4. The first-order chi connectivity index (χ1) is 16.9. The number of nitrogens with two attached hydrogens (primary N) is 1. The Morgan fingerprint density at radius 3 is 2.00 bits per heavy atom. The molecule has 1 unspecified atom stereocenters. The minimum absolute atomic E-state index is 0.165. The van der Waals surface area contributed by atoms with Crippen molar-refractivity contribution in [2.24, 2.45) is 23.5 Å². The Labute approximate surface area is 215 Å². The average molecular weight is 504 g/mol. The second-order valence-electron chi connectivity index (χ2n) is 10.5. The highest BCUT2D eigenvalue weighted by molar-refractivity contribution is 5.98. The number of anilines is 1. The van der Waals surface area contributed by atoms with Crippen molar-refractivity contribution < 1.29 is 19.2 Å². The van der Waals surface area contributed by atoms with E-state index in [9.17, 15) is 19.2 Å². The third-order valence-electron chi connectivity index (χ3n) is 5.68. The van der Waals surface area contributed by atoms with Gasteiger partial charge in [-0.1, -0.05) is 53.7 Å². The van der Waals surface area contributed by atoms with Gasteiger partial charge in [-0.25, -0.2) is 4.79 Å². The smallest absolute Gasteiger partial charge is 0.312 e. The first-order valence-electron chi connectivity index (χ1n) is 12.9. The van der Waals surface area contributed by atoms with Gasteiger partial charge in [0.2, 0.25) is 17.7 Å². The molecular weight excluding hydrogens is 458 g/mol. The van der Waals surface area contributed by atoms with E-state index in [0.717, 1.165) is 12.8 Å². The summed E-state index contributed by atoms with van der Waals surface area (Å²) in [6, 6.07) is 5.37. The van der Waals surface area contributed by atoms with Gasteiger partial charge >= 0.3 is 6.03 Å². The Morgan fingerprint density at radius 2 is 1.47 bits per heavy atom. The molecule has 9 heteroatoms. The zero-order valence-electron chi connectivity index (χ0n) is 22.6. The Bertz CT molecular complexity index is 852. The standard InChI is InChI=1S/C27H45N5O4/c1-17(2)9-14-23(33)32-24(19(5)6)26(35)31-22(8-7-15-29-27(28)36)25(34)30-21-12-10-20(11-13-21)16-18(3)4/h10-13,17-19,22,24H,7-9,14-16H2,1-6H3,(H,30,34)(H,31,35)(H,32,33)(H3,28,29,36)/t22-,24?/m0/s1. The molecule has 1 aromatic rings. The molecule has 202 valence electrons. The van der Waals surface area contributed by atoms with E-state index in [0.29, 0.717) is 30.4 Å². The highest BCUT2D eigenvalue weighted by Gasteiger charge is 2.28. The topological polar surface area (TPSA) is 142 Å². The summed E-state index contributed by atoms with van der Waals surface area (Å²) in [5.41, 5.74) is 6.93. The van der Waals surface area contributed by atoms with Gasteiger partial charge in [-0.15, -0.1) is 0 Å². The molecule has 0 spiro atoms. The molecule has 0 saturated heterocycles. The summed E-state index contributed by atoms with van der Waals surface area (Å²) in [6.07, 6.45) is 2.73. The summed E-state index contributed by atoms with van der Waals surface area (Å²) >= 11 is 0.